The van der Waals surface area contributed by atoms with Gasteiger partial charge in [0, 0.05) is 10.6 Å². The number of aromatic nitrogens is 4. The number of rotatable bonds is 6. The number of fused-ring (bicyclic) bond motifs is 1. The predicted molar refractivity (Wildman–Crippen MR) is 108 cm³/mol. The Morgan fingerprint density at radius 1 is 1.21 bits per heavy atom. The first-order chi connectivity index (χ1) is 13.6. The Balaban J connectivity index is 1.33. The van der Waals surface area contributed by atoms with E-state index in [9.17, 15) is 4.79 Å². The van der Waals surface area contributed by atoms with Crippen molar-refractivity contribution in [1.82, 2.24) is 25.5 Å². The standard InChI is InChI=1S/C19H16ClN5O2S/c1-11(17-22-14-4-2-3-5-15(14)23-17)21-16(26)10-28-19-25-24-18(27-19)12-6-8-13(20)9-7-12/h2-9,11H,10H2,1H3,(H,21,26)(H,22,23). The molecule has 0 saturated heterocycles. The molecule has 0 radical (unpaired) electrons. The highest BCUT2D eigenvalue weighted by Gasteiger charge is 2.15. The van der Waals surface area contributed by atoms with Crippen LogP contribution < -0.4 is 5.32 Å². The zero-order valence-electron chi connectivity index (χ0n) is 14.8. The molecule has 0 aliphatic heterocycles. The fourth-order valence-corrected chi connectivity index (χ4v) is 3.33. The number of amides is 1. The molecule has 0 aliphatic rings. The predicted octanol–water partition coefficient (Wildman–Crippen LogP) is 4.24. The molecule has 0 fully saturated rings. The van der Waals surface area contributed by atoms with Gasteiger partial charge in [0.05, 0.1) is 22.8 Å². The molecule has 4 rings (SSSR count). The monoisotopic (exact) mass is 413 g/mol. The minimum Gasteiger partial charge on any atom is -0.411 e. The summed E-state index contributed by atoms with van der Waals surface area (Å²) in [5.74, 6) is 1.11. The summed E-state index contributed by atoms with van der Waals surface area (Å²) >= 11 is 7.06. The Bertz CT molecular complexity index is 1080. The molecule has 142 valence electrons. The van der Waals surface area contributed by atoms with Gasteiger partial charge in [-0.3, -0.25) is 4.79 Å². The Morgan fingerprint density at radius 2 is 2.00 bits per heavy atom. The maximum atomic E-state index is 12.3. The summed E-state index contributed by atoms with van der Waals surface area (Å²) in [6.45, 7) is 1.88. The number of hydrogen-bond acceptors (Lipinski definition) is 6. The summed E-state index contributed by atoms with van der Waals surface area (Å²) in [5, 5.41) is 11.8. The minimum atomic E-state index is -0.243. The number of nitrogens with one attached hydrogen (secondary N) is 2. The molecule has 2 aromatic heterocycles. The number of halogens is 1. The number of thioether (sulfide) groups is 1. The fourth-order valence-electron chi connectivity index (χ4n) is 2.63. The normalized spacial score (nSPS) is 12.2. The number of benzene rings is 2. The Hall–Kier alpha value is -2.84. The molecule has 7 nitrogen and oxygen atoms in total. The lowest BCUT2D eigenvalue weighted by molar-refractivity contribution is -0.119. The number of H-pyrrole nitrogens is 1. The van der Waals surface area contributed by atoms with E-state index >= 15 is 0 Å². The van der Waals surface area contributed by atoms with E-state index in [1.54, 1.807) is 24.3 Å². The minimum absolute atomic E-state index is 0.149. The van der Waals surface area contributed by atoms with Crippen molar-refractivity contribution in [3.63, 3.8) is 0 Å². The van der Waals surface area contributed by atoms with Gasteiger partial charge in [0.1, 0.15) is 5.82 Å². The Labute approximate surface area is 169 Å². The molecule has 1 amide bonds. The number of carbonyl (C=O) groups excluding carboxylic acids is 1. The van der Waals surface area contributed by atoms with Crippen LogP contribution in [-0.2, 0) is 4.79 Å². The van der Waals surface area contributed by atoms with Gasteiger partial charge in [-0.25, -0.2) is 4.98 Å². The van der Waals surface area contributed by atoms with Gasteiger partial charge >= 0.3 is 0 Å². The molecular weight excluding hydrogens is 398 g/mol. The number of para-hydroxylation sites is 2. The van der Waals surface area contributed by atoms with Crippen LogP contribution in [0.25, 0.3) is 22.5 Å². The highest BCUT2D eigenvalue weighted by molar-refractivity contribution is 7.99. The van der Waals surface area contributed by atoms with Crippen LogP contribution in [-0.4, -0.2) is 31.8 Å². The van der Waals surface area contributed by atoms with E-state index in [-0.39, 0.29) is 17.7 Å². The summed E-state index contributed by atoms with van der Waals surface area (Å²) in [7, 11) is 0. The van der Waals surface area contributed by atoms with Gasteiger partial charge < -0.3 is 14.7 Å². The Kier molecular flexibility index (Phi) is 5.31. The van der Waals surface area contributed by atoms with Gasteiger partial charge in [0.2, 0.25) is 11.8 Å². The molecule has 1 atom stereocenters. The first kappa shape index (κ1) is 18.5. The smallest absolute Gasteiger partial charge is 0.277 e. The molecule has 4 aromatic rings. The first-order valence-corrected chi connectivity index (χ1v) is 9.91. The van der Waals surface area contributed by atoms with Crippen LogP contribution in [0.15, 0.2) is 58.2 Å². The van der Waals surface area contributed by atoms with Gasteiger partial charge in [0.25, 0.3) is 5.22 Å². The van der Waals surface area contributed by atoms with E-state index in [0.717, 1.165) is 16.6 Å². The van der Waals surface area contributed by atoms with Crippen LogP contribution in [0.3, 0.4) is 0 Å². The average molecular weight is 414 g/mol. The van der Waals surface area contributed by atoms with Crippen molar-refractivity contribution in [2.24, 2.45) is 0 Å². The molecule has 0 bridgehead atoms. The summed E-state index contributed by atoms with van der Waals surface area (Å²) in [5.41, 5.74) is 2.58. The summed E-state index contributed by atoms with van der Waals surface area (Å²) in [6, 6.07) is 14.6. The second-order valence-corrected chi connectivity index (χ2v) is 7.46. The van der Waals surface area contributed by atoms with Gasteiger partial charge in [-0.2, -0.15) is 0 Å². The highest BCUT2D eigenvalue weighted by atomic mass is 35.5. The quantitative estimate of drug-likeness (QED) is 0.459. The third-order valence-corrected chi connectivity index (χ3v) is 5.09. The lowest BCUT2D eigenvalue weighted by Gasteiger charge is -2.10. The Morgan fingerprint density at radius 3 is 2.79 bits per heavy atom. The zero-order chi connectivity index (χ0) is 19.5. The number of carbonyl (C=O) groups is 1. The number of imidazole rings is 1. The molecule has 2 heterocycles. The molecule has 9 heteroatoms. The summed E-state index contributed by atoms with van der Waals surface area (Å²) in [6.07, 6.45) is 0. The largest absolute Gasteiger partial charge is 0.411 e. The van der Waals surface area contributed by atoms with E-state index < -0.39 is 0 Å². The van der Waals surface area contributed by atoms with E-state index in [1.165, 1.54) is 11.8 Å². The van der Waals surface area contributed by atoms with Crippen LogP contribution in [0.5, 0.6) is 0 Å². The number of nitrogens with zero attached hydrogens (tertiary/aromatic N) is 3. The zero-order valence-corrected chi connectivity index (χ0v) is 16.4. The van der Waals surface area contributed by atoms with Gasteiger partial charge in [0.15, 0.2) is 0 Å². The van der Waals surface area contributed by atoms with Crippen molar-refractivity contribution in [3.05, 3.63) is 59.4 Å². The van der Waals surface area contributed by atoms with E-state index in [2.05, 4.69) is 25.5 Å². The molecule has 0 saturated carbocycles. The van der Waals surface area contributed by atoms with E-state index in [0.29, 0.717) is 22.0 Å². The van der Waals surface area contributed by atoms with Gasteiger partial charge in [-0.1, -0.05) is 35.5 Å². The van der Waals surface area contributed by atoms with E-state index in [4.69, 9.17) is 16.0 Å². The van der Waals surface area contributed by atoms with Crippen molar-refractivity contribution in [2.45, 2.75) is 18.2 Å². The van der Waals surface area contributed by atoms with Gasteiger partial charge in [-0.15, -0.1) is 10.2 Å². The molecule has 2 aromatic carbocycles. The van der Waals surface area contributed by atoms with Crippen molar-refractivity contribution in [1.29, 1.82) is 0 Å². The molecular formula is C19H16ClN5O2S. The maximum Gasteiger partial charge on any atom is 0.277 e. The molecule has 2 N–H and O–H groups in total. The van der Waals surface area contributed by atoms with Crippen LogP contribution in [0.1, 0.15) is 18.8 Å². The SMILES string of the molecule is CC(NC(=O)CSc1nnc(-c2ccc(Cl)cc2)o1)c1nc2ccccc2[nH]1. The second-order valence-electron chi connectivity index (χ2n) is 6.10. The lowest BCUT2D eigenvalue weighted by atomic mass is 10.2. The third-order valence-electron chi connectivity index (χ3n) is 4.02. The number of hydrogen-bond donors (Lipinski definition) is 2. The van der Waals surface area contributed by atoms with E-state index in [1.807, 2.05) is 31.2 Å². The van der Waals surface area contributed by atoms with Crippen molar-refractivity contribution in [2.75, 3.05) is 5.75 Å². The second kappa shape index (κ2) is 8.04. The lowest BCUT2D eigenvalue weighted by Crippen LogP contribution is -2.28. The molecule has 1 unspecified atom stereocenters. The molecule has 28 heavy (non-hydrogen) atoms. The van der Waals surface area contributed by atoms with Crippen LogP contribution in [0.2, 0.25) is 5.02 Å². The van der Waals surface area contributed by atoms with Crippen molar-refractivity contribution >= 4 is 40.3 Å². The van der Waals surface area contributed by atoms with Crippen LogP contribution >= 0.6 is 23.4 Å². The van der Waals surface area contributed by atoms with Crippen molar-refractivity contribution < 1.29 is 9.21 Å². The number of aromatic amines is 1. The highest BCUT2D eigenvalue weighted by Crippen LogP contribution is 2.24. The summed E-state index contributed by atoms with van der Waals surface area (Å²) < 4.78 is 5.59. The molecule has 0 spiro atoms. The van der Waals surface area contributed by atoms with Gasteiger partial charge in [-0.05, 0) is 43.3 Å². The third kappa shape index (κ3) is 4.18. The topological polar surface area (TPSA) is 96.7 Å². The van der Waals surface area contributed by atoms with Crippen LogP contribution in [0.4, 0.5) is 0 Å². The maximum absolute atomic E-state index is 12.3. The van der Waals surface area contributed by atoms with Crippen molar-refractivity contribution in [3.8, 4) is 11.5 Å². The summed E-state index contributed by atoms with van der Waals surface area (Å²) in [4.78, 5) is 20.0. The average Bonchev–Trinajstić information content (AvgIpc) is 3.34. The first-order valence-electron chi connectivity index (χ1n) is 8.55. The molecule has 0 aliphatic carbocycles. The fraction of sp³-hybridized carbons (Fsp3) is 0.158. The van der Waals surface area contributed by atoms with Crippen LogP contribution in [0, 0.1) is 0 Å².